The average molecular weight is 1170 g/mol. The molecule has 22 heteroatoms. The molecule has 0 unspecified atom stereocenters. The smallest absolute Gasteiger partial charge is 0.417 e. The number of hydrogen-bond donors (Lipinski definition) is 2. The van der Waals surface area contributed by atoms with Crippen LogP contribution in [0.4, 0.5) is 19.2 Å². The van der Waals surface area contributed by atoms with Crippen LogP contribution in [0.15, 0.2) is 60.7 Å². The van der Waals surface area contributed by atoms with E-state index in [4.69, 9.17) is 27.8 Å². The van der Waals surface area contributed by atoms with Crippen molar-refractivity contribution in [3.63, 3.8) is 0 Å². The fourth-order valence-electron chi connectivity index (χ4n) is 7.21. The number of nitrogens with zero attached hydrogens (tertiary/aromatic N) is 4. The molecule has 0 aromatic heterocycles. The standard InChI is InChI=1S/C28H47N3O6Si.C19H29NO4Si.C9H18N2O2.2H2S/c1-27(2,3)37-26(34)31-18-16-30(17-19-31)24(32)15-14-23(21-36-38(7,8)28(4,5)6)29-25(33)35-20-22-12-10-9-11-13-22;1-19(2,3)25(4,5)24-14-16-11-12-17(21)20(16)18(22)23-13-15-9-7-6-8-10-15;1-9(2,3)13-8(12)11-6-4-10-5-7-11;;/h9-13,23H,14-21H2,1-8H3,(H,29,33);6-10,16H,11-14H2,1-5H3;10H,4-7H2,1-3H3;2*1H2/t23-;16-;;;/m00.../s1. The van der Waals surface area contributed by atoms with Crippen LogP contribution in [0.2, 0.25) is 36.3 Å². The molecule has 3 saturated heterocycles. The number of imide groups is 1. The van der Waals surface area contributed by atoms with Crippen LogP contribution < -0.4 is 10.6 Å². The van der Waals surface area contributed by atoms with E-state index in [1.54, 1.807) is 14.7 Å². The SMILES string of the molecule is CC(C)(C)OC(=O)N1CCN(C(=O)CC[C@@H](CO[Si](C)(C)C(C)(C)C)NC(=O)OCc2ccccc2)CC1.CC(C)(C)OC(=O)N1CCNCC1.CC(C)(C)[Si](C)(C)OC[C@@H]1CCC(=O)N1C(=O)OCc1ccccc1.S.S. The third-order valence-corrected chi connectivity index (χ3v) is 22.9. The van der Waals surface area contributed by atoms with Gasteiger partial charge in [0.2, 0.25) is 11.8 Å². The molecule has 2 atom stereocenters. The van der Waals surface area contributed by atoms with Gasteiger partial charge < -0.3 is 53.1 Å². The van der Waals surface area contributed by atoms with Crippen molar-refractivity contribution in [2.75, 3.05) is 65.6 Å². The molecule has 2 aromatic rings. The molecule has 444 valence electrons. The first-order valence-corrected chi connectivity index (χ1v) is 32.7. The summed E-state index contributed by atoms with van der Waals surface area (Å²) in [7, 11) is -3.97. The Hall–Kier alpha value is -4.33. The number of hydrogen-bond acceptors (Lipinski definition) is 13. The first-order chi connectivity index (χ1) is 35.2. The molecule has 18 nitrogen and oxygen atoms in total. The third-order valence-electron chi connectivity index (χ3n) is 13.9. The predicted octanol–water partition coefficient (Wildman–Crippen LogP) is 10.6. The quantitative estimate of drug-likeness (QED) is 0.134. The van der Waals surface area contributed by atoms with E-state index in [0.717, 1.165) is 37.3 Å². The number of piperazine rings is 2. The highest BCUT2D eigenvalue weighted by atomic mass is 32.1. The Bertz CT molecular complexity index is 2160. The van der Waals surface area contributed by atoms with E-state index in [1.165, 1.54) is 4.90 Å². The lowest BCUT2D eigenvalue weighted by Gasteiger charge is -2.37. The molecule has 78 heavy (non-hydrogen) atoms. The lowest BCUT2D eigenvalue weighted by atomic mass is 10.1. The Morgan fingerprint density at radius 2 is 1.05 bits per heavy atom. The summed E-state index contributed by atoms with van der Waals surface area (Å²) in [5, 5.41) is 6.21. The van der Waals surface area contributed by atoms with Crippen LogP contribution in [0, 0.1) is 0 Å². The van der Waals surface area contributed by atoms with Gasteiger partial charge in [-0.25, -0.2) is 24.1 Å². The van der Waals surface area contributed by atoms with Crippen molar-refractivity contribution in [2.24, 2.45) is 0 Å². The van der Waals surface area contributed by atoms with Crippen molar-refractivity contribution in [1.29, 1.82) is 0 Å². The van der Waals surface area contributed by atoms with Crippen LogP contribution in [0.3, 0.4) is 0 Å². The van der Waals surface area contributed by atoms with Crippen LogP contribution in [-0.2, 0) is 50.6 Å². The molecule has 0 bridgehead atoms. The molecule has 6 amide bonds. The van der Waals surface area contributed by atoms with Crippen LogP contribution in [0.1, 0.15) is 120 Å². The summed E-state index contributed by atoms with van der Waals surface area (Å²) in [5.74, 6) is -0.187. The predicted molar refractivity (Wildman–Crippen MR) is 321 cm³/mol. The molecular formula is C56H98N6O12S2Si2. The molecule has 0 saturated carbocycles. The Labute approximate surface area is 483 Å². The van der Waals surface area contributed by atoms with Crippen molar-refractivity contribution in [2.45, 2.75) is 182 Å². The lowest BCUT2D eigenvalue weighted by molar-refractivity contribution is -0.133. The van der Waals surface area contributed by atoms with Crippen LogP contribution in [-0.4, -0.2) is 161 Å². The molecule has 3 aliphatic rings. The van der Waals surface area contributed by atoms with Gasteiger partial charge in [0.25, 0.3) is 0 Å². The number of rotatable bonds is 14. The minimum Gasteiger partial charge on any atom is -0.445 e. The van der Waals surface area contributed by atoms with Gasteiger partial charge in [0.1, 0.15) is 24.4 Å². The van der Waals surface area contributed by atoms with E-state index in [9.17, 15) is 28.8 Å². The first kappa shape index (κ1) is 71.7. The zero-order valence-corrected chi connectivity index (χ0v) is 53.9. The van der Waals surface area contributed by atoms with E-state index in [1.807, 2.05) is 102 Å². The minimum absolute atomic E-state index is 0. The monoisotopic (exact) mass is 1170 g/mol. The van der Waals surface area contributed by atoms with Gasteiger partial charge in [-0.2, -0.15) is 27.0 Å². The number of amides is 6. The fraction of sp³-hybridized carbons (Fsp3) is 0.679. The molecule has 3 aliphatic heterocycles. The summed E-state index contributed by atoms with van der Waals surface area (Å²) in [6, 6.07) is 18.4. The number of ether oxygens (including phenoxy) is 4. The molecule has 2 N–H and O–H groups in total. The van der Waals surface area contributed by atoms with E-state index in [-0.39, 0.29) is 98.4 Å². The number of carbonyl (C=O) groups excluding carboxylic acids is 6. The average Bonchev–Trinajstić information content (AvgIpc) is 3.72. The van der Waals surface area contributed by atoms with Gasteiger partial charge in [-0.3, -0.25) is 9.59 Å². The second kappa shape index (κ2) is 32.2. The van der Waals surface area contributed by atoms with Gasteiger partial charge in [0.05, 0.1) is 25.3 Å². The van der Waals surface area contributed by atoms with Gasteiger partial charge >= 0.3 is 24.4 Å². The van der Waals surface area contributed by atoms with Gasteiger partial charge in [0, 0.05) is 65.2 Å². The molecule has 3 heterocycles. The number of benzene rings is 2. The van der Waals surface area contributed by atoms with Crippen molar-refractivity contribution in [3.05, 3.63) is 71.8 Å². The summed E-state index contributed by atoms with van der Waals surface area (Å²) in [6.07, 6.45) is 0.0303. The molecule has 2 aromatic carbocycles. The molecule has 5 rings (SSSR count). The van der Waals surface area contributed by atoms with E-state index < -0.39 is 34.4 Å². The van der Waals surface area contributed by atoms with Crippen molar-refractivity contribution in [1.82, 2.24) is 30.2 Å². The largest absolute Gasteiger partial charge is 0.445 e. The van der Waals surface area contributed by atoms with Gasteiger partial charge in [-0.15, -0.1) is 0 Å². The normalized spacial score (nSPS) is 16.6. The van der Waals surface area contributed by atoms with Gasteiger partial charge in [-0.05, 0) is 102 Å². The van der Waals surface area contributed by atoms with Gasteiger partial charge in [0.15, 0.2) is 16.6 Å². The maximum atomic E-state index is 13.0. The second-order valence-corrected chi connectivity index (χ2v) is 34.3. The lowest BCUT2D eigenvalue weighted by Crippen LogP contribution is -2.52. The maximum absolute atomic E-state index is 13.0. The topological polar surface area (TPSA) is 195 Å². The summed E-state index contributed by atoms with van der Waals surface area (Å²) in [4.78, 5) is 80.3. The van der Waals surface area contributed by atoms with Crippen molar-refractivity contribution >= 4 is 79.8 Å². The van der Waals surface area contributed by atoms with E-state index >= 15 is 0 Å². The first-order valence-electron chi connectivity index (χ1n) is 26.9. The number of alkyl carbamates (subject to hydrolysis) is 1. The number of likely N-dealkylation sites (tertiary alicyclic amines) is 1. The highest BCUT2D eigenvalue weighted by Gasteiger charge is 2.42. The van der Waals surface area contributed by atoms with Gasteiger partial charge in [-0.1, -0.05) is 102 Å². The Morgan fingerprint density at radius 3 is 1.51 bits per heavy atom. The van der Waals surface area contributed by atoms with Crippen LogP contribution in [0.25, 0.3) is 0 Å². The number of carbonyl (C=O) groups is 6. The summed E-state index contributed by atoms with van der Waals surface area (Å²) in [5.41, 5.74) is 0.858. The summed E-state index contributed by atoms with van der Waals surface area (Å²) >= 11 is 0. The van der Waals surface area contributed by atoms with E-state index in [2.05, 4.69) is 78.4 Å². The molecule has 3 fully saturated rings. The van der Waals surface area contributed by atoms with Crippen LogP contribution in [0.5, 0.6) is 0 Å². The van der Waals surface area contributed by atoms with Crippen molar-refractivity contribution < 1.29 is 56.6 Å². The molecular weight excluding hydrogens is 1070 g/mol. The second-order valence-electron chi connectivity index (χ2n) is 24.6. The zero-order chi connectivity index (χ0) is 57.1. The highest BCUT2D eigenvalue weighted by molar-refractivity contribution is 7.59. The Morgan fingerprint density at radius 1 is 0.615 bits per heavy atom. The zero-order valence-electron chi connectivity index (χ0n) is 49.9. The highest BCUT2D eigenvalue weighted by Crippen LogP contribution is 2.38. The summed E-state index contributed by atoms with van der Waals surface area (Å²) in [6.45, 7) is 38.8. The molecule has 0 aliphatic carbocycles. The summed E-state index contributed by atoms with van der Waals surface area (Å²) < 4.78 is 34.0. The third kappa shape index (κ3) is 25.9. The molecule has 0 spiro atoms. The minimum atomic E-state index is -2.05. The Balaban J connectivity index is 0.000000650. The molecule has 0 radical (unpaired) electrons. The van der Waals surface area contributed by atoms with E-state index in [0.29, 0.717) is 58.7 Å². The number of nitrogens with one attached hydrogen (secondary N) is 2. The van der Waals surface area contributed by atoms with Crippen LogP contribution >= 0.6 is 27.0 Å². The fourth-order valence-corrected chi connectivity index (χ4v) is 9.30. The Kier molecular flexibility index (Phi) is 29.6. The maximum Gasteiger partial charge on any atom is 0.417 e. The van der Waals surface area contributed by atoms with Crippen molar-refractivity contribution in [3.8, 4) is 0 Å².